The molecule has 1 aliphatic rings. The lowest BCUT2D eigenvalue weighted by Gasteiger charge is -2.32. The van der Waals surface area contributed by atoms with Crippen LogP contribution in [0.5, 0.6) is 0 Å². The minimum atomic E-state index is -4.26. The van der Waals surface area contributed by atoms with Crippen LogP contribution in [0.3, 0.4) is 0 Å². The highest BCUT2D eigenvalue weighted by atomic mass is 19.4. The Balaban J connectivity index is 1.96. The third kappa shape index (κ3) is 3.86. The maximum Gasteiger partial charge on any atom is 0.416 e. The number of nitrogens with one attached hydrogen (secondary N) is 1. The molecule has 0 saturated carbocycles. The summed E-state index contributed by atoms with van der Waals surface area (Å²) in [5.74, 6) is 0. The van der Waals surface area contributed by atoms with Gasteiger partial charge in [-0.2, -0.15) is 13.2 Å². The molecule has 1 heterocycles. The molecule has 1 saturated heterocycles. The van der Waals surface area contributed by atoms with Crippen molar-refractivity contribution in [2.24, 2.45) is 0 Å². The lowest BCUT2D eigenvalue weighted by Crippen LogP contribution is -2.41. The Morgan fingerprint density at radius 3 is 2.53 bits per heavy atom. The van der Waals surface area contributed by atoms with Crippen molar-refractivity contribution < 1.29 is 13.2 Å². The Morgan fingerprint density at radius 2 is 1.95 bits per heavy atom. The van der Waals surface area contributed by atoms with Crippen LogP contribution in [0.4, 0.5) is 18.9 Å². The molecule has 19 heavy (non-hydrogen) atoms. The maximum absolute atomic E-state index is 12.4. The number of nitrogens with zero attached hydrogens (tertiary/aromatic N) is 1. The number of piperidine rings is 1. The van der Waals surface area contributed by atoms with Crippen molar-refractivity contribution in [3.8, 4) is 0 Å². The minimum absolute atomic E-state index is 0.324. The first-order chi connectivity index (χ1) is 8.99. The predicted octanol–water partition coefficient (Wildman–Crippen LogP) is 3.60. The fourth-order valence-electron chi connectivity index (χ4n) is 2.45. The molecule has 5 heteroatoms. The molecule has 106 valence electrons. The van der Waals surface area contributed by atoms with Crippen molar-refractivity contribution in [1.82, 2.24) is 4.90 Å². The van der Waals surface area contributed by atoms with Crippen molar-refractivity contribution in [2.45, 2.75) is 32.0 Å². The quantitative estimate of drug-likeness (QED) is 0.904. The van der Waals surface area contributed by atoms with E-state index in [9.17, 15) is 13.2 Å². The average Bonchev–Trinajstić information content (AvgIpc) is 2.38. The molecule has 1 unspecified atom stereocenters. The number of hydrogen-bond acceptors (Lipinski definition) is 2. The van der Waals surface area contributed by atoms with Gasteiger partial charge in [0.25, 0.3) is 0 Å². The Morgan fingerprint density at radius 1 is 1.26 bits per heavy atom. The van der Waals surface area contributed by atoms with Gasteiger partial charge in [0.05, 0.1) is 5.56 Å². The zero-order valence-electron chi connectivity index (χ0n) is 11.0. The molecule has 1 atom stereocenters. The lowest BCUT2D eigenvalue weighted by atomic mass is 10.1. The highest BCUT2D eigenvalue weighted by Gasteiger charge is 2.30. The smallest absolute Gasteiger partial charge is 0.381 e. The fourth-order valence-corrected chi connectivity index (χ4v) is 2.45. The van der Waals surface area contributed by atoms with E-state index >= 15 is 0 Å². The van der Waals surface area contributed by atoms with E-state index in [1.807, 2.05) is 0 Å². The van der Waals surface area contributed by atoms with Gasteiger partial charge in [0.15, 0.2) is 0 Å². The van der Waals surface area contributed by atoms with Crippen LogP contribution in [0.25, 0.3) is 0 Å². The number of halogens is 3. The second kappa shape index (κ2) is 5.82. The molecule has 1 aromatic rings. The zero-order valence-corrected chi connectivity index (χ0v) is 11.0. The number of anilines is 1. The summed E-state index contributed by atoms with van der Waals surface area (Å²) in [7, 11) is 0. The van der Waals surface area contributed by atoms with Gasteiger partial charge in [0.2, 0.25) is 0 Å². The summed E-state index contributed by atoms with van der Waals surface area (Å²) in [5.41, 5.74) is 0.160. The van der Waals surface area contributed by atoms with Gasteiger partial charge in [-0.15, -0.1) is 0 Å². The number of benzene rings is 1. The standard InChI is InChI=1S/C14H19F3N2/c1-2-19-9-3-4-13(10-19)18-12-7-5-11(6-8-12)14(15,16)17/h5-8,13,18H,2-4,9-10H2,1H3. The van der Waals surface area contributed by atoms with Crippen LogP contribution in [0.15, 0.2) is 24.3 Å². The van der Waals surface area contributed by atoms with E-state index in [1.54, 1.807) is 0 Å². The molecule has 1 aliphatic heterocycles. The van der Waals surface area contributed by atoms with Gasteiger partial charge in [-0.1, -0.05) is 6.92 Å². The van der Waals surface area contributed by atoms with E-state index in [-0.39, 0.29) is 0 Å². The molecule has 0 aromatic heterocycles. The monoisotopic (exact) mass is 272 g/mol. The number of hydrogen-bond donors (Lipinski definition) is 1. The van der Waals surface area contributed by atoms with Gasteiger partial charge >= 0.3 is 6.18 Å². The van der Waals surface area contributed by atoms with Gasteiger partial charge in [0, 0.05) is 18.3 Å². The van der Waals surface area contributed by atoms with Crippen molar-refractivity contribution in [3.05, 3.63) is 29.8 Å². The number of alkyl halides is 3. The molecule has 0 spiro atoms. The molecule has 0 aliphatic carbocycles. The fraction of sp³-hybridized carbons (Fsp3) is 0.571. The highest BCUT2D eigenvalue weighted by molar-refractivity contribution is 5.46. The van der Waals surface area contributed by atoms with E-state index in [4.69, 9.17) is 0 Å². The summed E-state index contributed by atoms with van der Waals surface area (Å²) in [4.78, 5) is 2.35. The second-order valence-corrected chi connectivity index (χ2v) is 4.95. The van der Waals surface area contributed by atoms with E-state index in [0.717, 1.165) is 50.3 Å². The summed E-state index contributed by atoms with van der Waals surface area (Å²) >= 11 is 0. The topological polar surface area (TPSA) is 15.3 Å². The van der Waals surface area contributed by atoms with Gasteiger partial charge in [-0.3, -0.25) is 0 Å². The Labute approximate surface area is 111 Å². The van der Waals surface area contributed by atoms with Crippen LogP contribution < -0.4 is 5.32 Å². The molecule has 2 rings (SSSR count). The largest absolute Gasteiger partial charge is 0.416 e. The molecular formula is C14H19F3N2. The van der Waals surface area contributed by atoms with Gasteiger partial charge in [0.1, 0.15) is 0 Å². The molecule has 1 N–H and O–H groups in total. The molecule has 0 radical (unpaired) electrons. The Hall–Kier alpha value is -1.23. The van der Waals surface area contributed by atoms with E-state index < -0.39 is 11.7 Å². The summed E-state index contributed by atoms with van der Waals surface area (Å²) in [6.07, 6.45) is -2.06. The van der Waals surface area contributed by atoms with Crippen molar-refractivity contribution in [3.63, 3.8) is 0 Å². The Kier molecular flexibility index (Phi) is 4.34. The summed E-state index contributed by atoms with van der Waals surface area (Å²) < 4.78 is 37.3. The zero-order chi connectivity index (χ0) is 13.9. The maximum atomic E-state index is 12.4. The van der Waals surface area contributed by atoms with Crippen molar-refractivity contribution >= 4 is 5.69 Å². The predicted molar refractivity (Wildman–Crippen MR) is 70.2 cm³/mol. The number of rotatable bonds is 3. The van der Waals surface area contributed by atoms with Gasteiger partial charge in [-0.05, 0) is 50.2 Å². The number of likely N-dealkylation sites (N-methyl/N-ethyl adjacent to an activating group) is 1. The van der Waals surface area contributed by atoms with Gasteiger partial charge in [-0.25, -0.2) is 0 Å². The molecule has 0 bridgehead atoms. The molecule has 1 fully saturated rings. The van der Waals surface area contributed by atoms with Crippen molar-refractivity contribution in [1.29, 1.82) is 0 Å². The third-order valence-corrected chi connectivity index (χ3v) is 3.54. The summed E-state index contributed by atoms with van der Waals surface area (Å²) in [6, 6.07) is 5.60. The minimum Gasteiger partial charge on any atom is -0.381 e. The van der Waals surface area contributed by atoms with E-state index in [2.05, 4.69) is 17.1 Å². The second-order valence-electron chi connectivity index (χ2n) is 4.95. The normalized spacial score (nSPS) is 21.4. The van der Waals surface area contributed by atoms with Crippen LogP contribution in [-0.4, -0.2) is 30.6 Å². The SMILES string of the molecule is CCN1CCCC(Nc2ccc(C(F)(F)F)cc2)C1. The first kappa shape index (κ1) is 14.2. The van der Waals surface area contributed by atoms with E-state index in [0.29, 0.717) is 6.04 Å². The summed E-state index contributed by atoms with van der Waals surface area (Å²) in [6.45, 7) is 5.21. The molecule has 1 aromatic carbocycles. The average molecular weight is 272 g/mol. The van der Waals surface area contributed by atoms with Crippen molar-refractivity contribution in [2.75, 3.05) is 25.0 Å². The van der Waals surface area contributed by atoms with Crippen LogP contribution in [0, 0.1) is 0 Å². The molecular weight excluding hydrogens is 253 g/mol. The lowest BCUT2D eigenvalue weighted by molar-refractivity contribution is -0.137. The molecule has 0 amide bonds. The van der Waals surface area contributed by atoms with E-state index in [1.165, 1.54) is 12.1 Å². The number of likely N-dealkylation sites (tertiary alicyclic amines) is 1. The highest BCUT2D eigenvalue weighted by Crippen LogP contribution is 2.30. The van der Waals surface area contributed by atoms with Gasteiger partial charge < -0.3 is 10.2 Å². The first-order valence-electron chi connectivity index (χ1n) is 6.65. The molecule has 2 nitrogen and oxygen atoms in total. The first-order valence-corrected chi connectivity index (χ1v) is 6.65. The van der Waals surface area contributed by atoms with Crippen LogP contribution in [0.2, 0.25) is 0 Å². The van der Waals surface area contributed by atoms with Crippen LogP contribution in [0.1, 0.15) is 25.3 Å². The summed E-state index contributed by atoms with van der Waals surface area (Å²) in [5, 5.41) is 3.31. The Bertz CT molecular complexity index is 400. The van der Waals surface area contributed by atoms with Crippen LogP contribution in [-0.2, 0) is 6.18 Å². The third-order valence-electron chi connectivity index (χ3n) is 3.54. The van der Waals surface area contributed by atoms with Crippen LogP contribution >= 0.6 is 0 Å².